The minimum atomic E-state index is -1.05. The zero-order valence-electron chi connectivity index (χ0n) is 13.4. The fourth-order valence-corrected chi connectivity index (χ4v) is 2.95. The lowest BCUT2D eigenvalue weighted by atomic mass is 10.1. The Morgan fingerprint density at radius 2 is 2.08 bits per heavy atom. The van der Waals surface area contributed by atoms with Crippen molar-refractivity contribution in [3.8, 4) is 5.75 Å². The number of amides is 1. The van der Waals surface area contributed by atoms with Gasteiger partial charge in [-0.05, 0) is 25.0 Å². The molecule has 1 N–H and O–H groups in total. The van der Waals surface area contributed by atoms with Crippen molar-refractivity contribution in [3.63, 3.8) is 0 Å². The topological polar surface area (TPSA) is 89.2 Å². The van der Waals surface area contributed by atoms with Crippen LogP contribution in [0.25, 0.3) is 11.0 Å². The van der Waals surface area contributed by atoms with Crippen LogP contribution in [0.2, 0.25) is 0 Å². The van der Waals surface area contributed by atoms with Crippen molar-refractivity contribution in [2.75, 3.05) is 26.9 Å². The van der Waals surface area contributed by atoms with E-state index in [1.807, 2.05) is 6.07 Å². The lowest BCUT2D eigenvalue weighted by molar-refractivity contribution is -0.138. The van der Waals surface area contributed by atoms with Gasteiger partial charge in [-0.2, -0.15) is 0 Å². The monoisotopic (exact) mass is 333 g/mol. The molecule has 1 aromatic carbocycles. The van der Waals surface area contributed by atoms with Gasteiger partial charge < -0.3 is 23.9 Å². The molecule has 1 aromatic heterocycles. The first-order valence-corrected chi connectivity index (χ1v) is 7.77. The number of carbonyl (C=O) groups is 2. The summed E-state index contributed by atoms with van der Waals surface area (Å²) in [6.07, 6.45) is 1.23. The summed E-state index contributed by atoms with van der Waals surface area (Å²) in [5.41, 5.74) is 0.477. The van der Waals surface area contributed by atoms with Crippen molar-refractivity contribution >= 4 is 22.8 Å². The highest BCUT2D eigenvalue weighted by atomic mass is 16.5. The molecule has 7 heteroatoms. The fraction of sp³-hybridized carbons (Fsp3) is 0.412. The maximum atomic E-state index is 12.8. The standard InChI is InChI=1S/C17H19NO6/c1-22-13-4-2-3-11-9-14(24-16(11)13)17(21)18(10-15(19)20)12-5-7-23-8-6-12/h2-4,9,12H,5-8,10H2,1H3,(H,19,20). The number of fused-ring (bicyclic) bond motifs is 1. The zero-order valence-corrected chi connectivity index (χ0v) is 13.4. The van der Waals surface area contributed by atoms with Gasteiger partial charge in [-0.25, -0.2) is 0 Å². The number of carboxylic acids is 1. The van der Waals surface area contributed by atoms with E-state index in [1.165, 1.54) is 12.0 Å². The van der Waals surface area contributed by atoms with Gasteiger partial charge in [0.1, 0.15) is 6.54 Å². The Kier molecular flexibility index (Phi) is 4.71. The molecule has 7 nitrogen and oxygen atoms in total. The molecule has 0 saturated carbocycles. The first-order valence-electron chi connectivity index (χ1n) is 7.77. The number of carboxylic acid groups (broad SMARTS) is 1. The SMILES string of the molecule is COc1cccc2cc(C(=O)N(CC(=O)O)C3CCOCC3)oc12. The van der Waals surface area contributed by atoms with Gasteiger partial charge in [0.2, 0.25) is 0 Å². The van der Waals surface area contributed by atoms with Crippen LogP contribution < -0.4 is 4.74 Å². The quantitative estimate of drug-likeness (QED) is 0.902. The van der Waals surface area contributed by atoms with Gasteiger partial charge in [-0.15, -0.1) is 0 Å². The molecule has 128 valence electrons. The Balaban J connectivity index is 1.92. The summed E-state index contributed by atoms with van der Waals surface area (Å²) in [6, 6.07) is 6.81. The largest absolute Gasteiger partial charge is 0.493 e. The zero-order chi connectivity index (χ0) is 17.1. The van der Waals surface area contributed by atoms with Crippen molar-refractivity contribution in [2.24, 2.45) is 0 Å². The van der Waals surface area contributed by atoms with E-state index in [4.69, 9.17) is 19.0 Å². The van der Waals surface area contributed by atoms with Crippen LogP contribution in [-0.2, 0) is 9.53 Å². The van der Waals surface area contributed by atoms with Gasteiger partial charge in [0.25, 0.3) is 5.91 Å². The molecule has 0 unspecified atom stereocenters. The molecule has 1 fully saturated rings. The molecule has 1 aliphatic heterocycles. The van der Waals surface area contributed by atoms with E-state index >= 15 is 0 Å². The van der Waals surface area contributed by atoms with Crippen LogP contribution in [0, 0.1) is 0 Å². The molecule has 0 spiro atoms. The Morgan fingerprint density at radius 1 is 1.33 bits per heavy atom. The third-order valence-corrected chi connectivity index (χ3v) is 4.14. The average molecular weight is 333 g/mol. The second-order valence-electron chi connectivity index (χ2n) is 5.66. The summed E-state index contributed by atoms with van der Waals surface area (Å²) < 4.78 is 16.2. The summed E-state index contributed by atoms with van der Waals surface area (Å²) in [4.78, 5) is 25.4. The van der Waals surface area contributed by atoms with E-state index in [0.29, 0.717) is 37.4 Å². The molecule has 0 atom stereocenters. The molecule has 0 bridgehead atoms. The van der Waals surface area contributed by atoms with E-state index in [-0.39, 0.29) is 18.3 Å². The number of furan rings is 1. The molecule has 24 heavy (non-hydrogen) atoms. The maximum Gasteiger partial charge on any atom is 0.323 e. The second-order valence-corrected chi connectivity index (χ2v) is 5.66. The number of benzene rings is 1. The summed E-state index contributed by atoms with van der Waals surface area (Å²) in [7, 11) is 1.53. The van der Waals surface area contributed by atoms with Crippen LogP contribution >= 0.6 is 0 Å². The lowest BCUT2D eigenvalue weighted by Crippen LogP contribution is -2.45. The van der Waals surface area contributed by atoms with Crippen LogP contribution in [0.3, 0.4) is 0 Å². The van der Waals surface area contributed by atoms with Crippen molar-refractivity contribution in [2.45, 2.75) is 18.9 Å². The number of para-hydroxylation sites is 1. The van der Waals surface area contributed by atoms with Crippen LogP contribution in [0.1, 0.15) is 23.4 Å². The van der Waals surface area contributed by atoms with E-state index in [1.54, 1.807) is 18.2 Å². The molecule has 2 aromatic rings. The molecule has 0 aliphatic carbocycles. The highest BCUT2D eigenvalue weighted by molar-refractivity contribution is 5.98. The van der Waals surface area contributed by atoms with Crippen LogP contribution in [-0.4, -0.2) is 54.8 Å². The predicted octanol–water partition coefficient (Wildman–Crippen LogP) is 2.15. The van der Waals surface area contributed by atoms with Gasteiger partial charge in [0.05, 0.1) is 7.11 Å². The van der Waals surface area contributed by atoms with Crippen LogP contribution in [0.4, 0.5) is 0 Å². The third kappa shape index (κ3) is 3.21. The molecule has 2 heterocycles. The first kappa shape index (κ1) is 16.3. The van der Waals surface area contributed by atoms with Gasteiger partial charge in [0, 0.05) is 24.6 Å². The van der Waals surface area contributed by atoms with Crippen molar-refractivity contribution < 1.29 is 28.6 Å². The normalized spacial score (nSPS) is 15.4. The van der Waals surface area contributed by atoms with E-state index < -0.39 is 11.9 Å². The summed E-state index contributed by atoms with van der Waals surface area (Å²) in [6.45, 7) is 0.668. The number of carbonyl (C=O) groups excluding carboxylic acids is 1. The molecule has 1 amide bonds. The van der Waals surface area contributed by atoms with Crippen molar-refractivity contribution in [3.05, 3.63) is 30.0 Å². The molecule has 0 radical (unpaired) electrons. The molecule has 3 rings (SSSR count). The number of methoxy groups -OCH3 is 1. The maximum absolute atomic E-state index is 12.8. The first-order chi connectivity index (χ1) is 11.6. The highest BCUT2D eigenvalue weighted by Gasteiger charge is 2.30. The Labute approximate surface area is 138 Å². The highest BCUT2D eigenvalue weighted by Crippen LogP contribution is 2.29. The van der Waals surface area contributed by atoms with Crippen LogP contribution in [0.15, 0.2) is 28.7 Å². The van der Waals surface area contributed by atoms with Crippen molar-refractivity contribution in [1.29, 1.82) is 0 Å². The summed E-state index contributed by atoms with van der Waals surface area (Å²) in [5, 5.41) is 9.89. The molecule has 1 aliphatic rings. The average Bonchev–Trinajstić information content (AvgIpc) is 3.04. The van der Waals surface area contributed by atoms with E-state index in [0.717, 1.165) is 5.39 Å². The van der Waals surface area contributed by atoms with Crippen LogP contribution in [0.5, 0.6) is 5.75 Å². The minimum absolute atomic E-state index is 0.113. The number of nitrogens with zero attached hydrogens (tertiary/aromatic N) is 1. The smallest absolute Gasteiger partial charge is 0.323 e. The molecular formula is C17H19NO6. The number of hydrogen-bond acceptors (Lipinski definition) is 5. The predicted molar refractivity (Wildman–Crippen MR) is 85.3 cm³/mol. The summed E-state index contributed by atoms with van der Waals surface area (Å²) >= 11 is 0. The molecule has 1 saturated heterocycles. The number of rotatable bonds is 5. The van der Waals surface area contributed by atoms with Gasteiger partial charge in [-0.1, -0.05) is 12.1 Å². The second kappa shape index (κ2) is 6.92. The van der Waals surface area contributed by atoms with Gasteiger partial charge in [-0.3, -0.25) is 9.59 Å². The van der Waals surface area contributed by atoms with Crippen molar-refractivity contribution in [1.82, 2.24) is 4.90 Å². The fourth-order valence-electron chi connectivity index (χ4n) is 2.95. The summed E-state index contributed by atoms with van der Waals surface area (Å²) in [5.74, 6) is -0.837. The number of hydrogen-bond donors (Lipinski definition) is 1. The molecular weight excluding hydrogens is 314 g/mol. The number of aliphatic carboxylic acids is 1. The Morgan fingerprint density at radius 3 is 2.75 bits per heavy atom. The Bertz CT molecular complexity index is 747. The van der Waals surface area contributed by atoms with E-state index in [9.17, 15) is 9.59 Å². The third-order valence-electron chi connectivity index (χ3n) is 4.14. The van der Waals surface area contributed by atoms with Gasteiger partial charge >= 0.3 is 5.97 Å². The Hall–Kier alpha value is -2.54. The van der Waals surface area contributed by atoms with E-state index in [2.05, 4.69) is 0 Å². The lowest BCUT2D eigenvalue weighted by Gasteiger charge is -2.32. The minimum Gasteiger partial charge on any atom is -0.493 e. The van der Waals surface area contributed by atoms with Gasteiger partial charge in [0.15, 0.2) is 17.1 Å². The number of ether oxygens (including phenoxy) is 2.